The van der Waals surface area contributed by atoms with Gasteiger partial charge in [-0.05, 0) is 0 Å². The zero-order valence-electron chi connectivity index (χ0n) is 5.44. The minimum Gasteiger partial charge on any atom is -0.314 e. The molecule has 2 heterocycles. The van der Waals surface area contributed by atoms with Gasteiger partial charge in [0.25, 0.3) is 0 Å². The molecular formula is C6H8N2O2. The molecule has 0 aliphatic carbocycles. The Balaban J connectivity index is 2.23. The zero-order chi connectivity index (χ0) is 7.19. The van der Waals surface area contributed by atoms with Gasteiger partial charge in [0.05, 0.1) is 5.41 Å². The summed E-state index contributed by atoms with van der Waals surface area (Å²) < 4.78 is 0. The van der Waals surface area contributed by atoms with Crippen LogP contribution in [0.3, 0.4) is 0 Å². The molecule has 0 radical (unpaired) electrons. The molecule has 0 aromatic rings. The minimum absolute atomic E-state index is 0.101. The maximum atomic E-state index is 11.0. The molecule has 0 bridgehead atoms. The predicted octanol–water partition coefficient (Wildman–Crippen LogP) is -1.38. The van der Waals surface area contributed by atoms with Crippen LogP contribution < -0.4 is 10.6 Å². The Morgan fingerprint density at radius 1 is 1.30 bits per heavy atom. The summed E-state index contributed by atoms with van der Waals surface area (Å²) in [7, 11) is 0. The Hall–Kier alpha value is -0.900. The van der Waals surface area contributed by atoms with Crippen molar-refractivity contribution >= 4 is 11.8 Å². The molecule has 1 spiro atoms. The van der Waals surface area contributed by atoms with Gasteiger partial charge >= 0.3 is 0 Å². The molecule has 0 aromatic carbocycles. The Bertz CT molecular complexity index is 208. The molecule has 0 unspecified atom stereocenters. The third-order valence-corrected chi connectivity index (χ3v) is 2.16. The van der Waals surface area contributed by atoms with Crippen molar-refractivity contribution in [1.82, 2.24) is 10.6 Å². The Labute approximate surface area is 58.0 Å². The molecule has 4 heteroatoms. The first kappa shape index (κ1) is 5.85. The lowest BCUT2D eigenvalue weighted by Gasteiger charge is -2.35. The maximum absolute atomic E-state index is 11.0. The maximum Gasteiger partial charge on any atom is 0.235 e. The number of imide groups is 1. The lowest BCUT2D eigenvalue weighted by Crippen LogP contribution is -2.57. The number of rotatable bonds is 0. The smallest absolute Gasteiger partial charge is 0.235 e. The lowest BCUT2D eigenvalue weighted by atomic mass is 9.80. The van der Waals surface area contributed by atoms with Crippen molar-refractivity contribution in [3.05, 3.63) is 0 Å². The third-order valence-electron chi connectivity index (χ3n) is 2.16. The van der Waals surface area contributed by atoms with Gasteiger partial charge in [-0.2, -0.15) is 0 Å². The van der Waals surface area contributed by atoms with Crippen LogP contribution in [0, 0.1) is 5.41 Å². The van der Waals surface area contributed by atoms with Crippen LogP contribution in [-0.2, 0) is 9.59 Å². The average molecular weight is 140 g/mol. The van der Waals surface area contributed by atoms with Crippen LogP contribution in [0.15, 0.2) is 0 Å². The monoisotopic (exact) mass is 140 g/mol. The summed E-state index contributed by atoms with van der Waals surface area (Å²) in [6, 6.07) is 0. The quantitative estimate of drug-likeness (QED) is 0.408. The molecule has 2 amide bonds. The lowest BCUT2D eigenvalue weighted by molar-refractivity contribution is -0.130. The van der Waals surface area contributed by atoms with E-state index in [1.807, 2.05) is 0 Å². The molecule has 2 N–H and O–H groups in total. The van der Waals surface area contributed by atoms with Crippen molar-refractivity contribution in [2.24, 2.45) is 5.41 Å². The second-order valence-corrected chi connectivity index (χ2v) is 2.94. The third kappa shape index (κ3) is 0.541. The Morgan fingerprint density at radius 2 is 2.00 bits per heavy atom. The van der Waals surface area contributed by atoms with Crippen LogP contribution in [0.2, 0.25) is 0 Å². The van der Waals surface area contributed by atoms with Crippen molar-refractivity contribution in [3.8, 4) is 0 Å². The number of hydrogen-bond acceptors (Lipinski definition) is 3. The van der Waals surface area contributed by atoms with Crippen LogP contribution >= 0.6 is 0 Å². The van der Waals surface area contributed by atoms with Gasteiger partial charge in [0.2, 0.25) is 11.8 Å². The van der Waals surface area contributed by atoms with E-state index in [2.05, 4.69) is 10.6 Å². The van der Waals surface area contributed by atoms with Gasteiger partial charge < -0.3 is 5.32 Å². The van der Waals surface area contributed by atoms with Crippen LogP contribution in [0.4, 0.5) is 0 Å². The summed E-state index contributed by atoms with van der Waals surface area (Å²) in [5, 5.41) is 5.27. The molecular weight excluding hydrogens is 132 g/mol. The highest BCUT2D eigenvalue weighted by Crippen LogP contribution is 2.30. The van der Waals surface area contributed by atoms with Crippen LogP contribution in [0.25, 0.3) is 0 Å². The fourth-order valence-corrected chi connectivity index (χ4v) is 1.40. The van der Waals surface area contributed by atoms with Crippen molar-refractivity contribution in [1.29, 1.82) is 0 Å². The fourth-order valence-electron chi connectivity index (χ4n) is 1.40. The van der Waals surface area contributed by atoms with E-state index in [0.29, 0.717) is 19.5 Å². The highest BCUT2D eigenvalue weighted by molar-refractivity contribution is 6.06. The van der Waals surface area contributed by atoms with E-state index >= 15 is 0 Å². The van der Waals surface area contributed by atoms with E-state index in [0.717, 1.165) is 0 Å². The molecule has 0 saturated carbocycles. The number of carbonyl (C=O) groups is 2. The summed E-state index contributed by atoms with van der Waals surface area (Å²) in [5.41, 5.74) is -0.364. The van der Waals surface area contributed by atoms with Crippen molar-refractivity contribution in [2.45, 2.75) is 6.42 Å². The molecule has 2 saturated heterocycles. The first-order chi connectivity index (χ1) is 4.73. The van der Waals surface area contributed by atoms with E-state index in [1.165, 1.54) is 0 Å². The van der Waals surface area contributed by atoms with Gasteiger partial charge in [0, 0.05) is 19.5 Å². The molecule has 2 fully saturated rings. The first-order valence-corrected chi connectivity index (χ1v) is 3.28. The molecule has 10 heavy (non-hydrogen) atoms. The zero-order valence-corrected chi connectivity index (χ0v) is 5.44. The fraction of sp³-hybridized carbons (Fsp3) is 0.667. The highest BCUT2D eigenvalue weighted by atomic mass is 16.2. The number of amides is 2. The predicted molar refractivity (Wildman–Crippen MR) is 33.1 cm³/mol. The summed E-state index contributed by atoms with van der Waals surface area (Å²) in [6.07, 6.45) is 0.374. The minimum atomic E-state index is -0.364. The molecule has 4 nitrogen and oxygen atoms in total. The molecule has 0 aromatic heterocycles. The molecule has 2 rings (SSSR count). The van der Waals surface area contributed by atoms with Crippen LogP contribution in [0.5, 0.6) is 0 Å². The Kier molecular flexibility index (Phi) is 0.922. The largest absolute Gasteiger partial charge is 0.314 e. The van der Waals surface area contributed by atoms with Crippen LogP contribution in [-0.4, -0.2) is 24.9 Å². The van der Waals surface area contributed by atoms with Gasteiger partial charge in [-0.3, -0.25) is 14.9 Å². The van der Waals surface area contributed by atoms with E-state index in [-0.39, 0.29) is 17.2 Å². The Morgan fingerprint density at radius 3 is 2.20 bits per heavy atom. The summed E-state index contributed by atoms with van der Waals surface area (Å²) in [5.74, 6) is -0.234. The van der Waals surface area contributed by atoms with Gasteiger partial charge in [0.15, 0.2) is 0 Å². The van der Waals surface area contributed by atoms with Crippen molar-refractivity contribution in [3.63, 3.8) is 0 Å². The van der Waals surface area contributed by atoms with E-state index in [4.69, 9.17) is 0 Å². The average Bonchev–Trinajstić information content (AvgIpc) is 2.04. The van der Waals surface area contributed by atoms with Crippen molar-refractivity contribution < 1.29 is 9.59 Å². The van der Waals surface area contributed by atoms with Gasteiger partial charge in [0.1, 0.15) is 0 Å². The molecule has 2 aliphatic rings. The molecule has 2 aliphatic heterocycles. The number of hydrogen-bond donors (Lipinski definition) is 2. The summed E-state index contributed by atoms with van der Waals surface area (Å²) in [6.45, 7) is 1.31. The second kappa shape index (κ2) is 1.58. The summed E-state index contributed by atoms with van der Waals surface area (Å²) >= 11 is 0. The van der Waals surface area contributed by atoms with Crippen molar-refractivity contribution in [2.75, 3.05) is 13.1 Å². The van der Waals surface area contributed by atoms with Gasteiger partial charge in [-0.25, -0.2) is 0 Å². The highest BCUT2D eigenvalue weighted by Gasteiger charge is 2.50. The topological polar surface area (TPSA) is 58.2 Å². The molecule has 0 atom stereocenters. The number of nitrogens with one attached hydrogen (secondary N) is 2. The van der Waals surface area contributed by atoms with Crippen LogP contribution in [0.1, 0.15) is 6.42 Å². The molecule has 54 valence electrons. The van der Waals surface area contributed by atoms with E-state index in [9.17, 15) is 9.59 Å². The van der Waals surface area contributed by atoms with Gasteiger partial charge in [-0.1, -0.05) is 0 Å². The SMILES string of the molecule is O=C1CC2(CNC2)C(=O)N1. The second-order valence-electron chi connectivity index (χ2n) is 2.94. The summed E-state index contributed by atoms with van der Waals surface area (Å²) in [4.78, 5) is 21.7. The number of carbonyl (C=O) groups excluding carboxylic acids is 2. The van der Waals surface area contributed by atoms with E-state index in [1.54, 1.807) is 0 Å². The normalized spacial score (nSPS) is 28.4. The standard InChI is InChI=1S/C6H8N2O2/c9-4-1-6(2-7-3-6)5(10)8-4/h7H,1-3H2,(H,8,9,10). The van der Waals surface area contributed by atoms with Gasteiger partial charge in [-0.15, -0.1) is 0 Å². The van der Waals surface area contributed by atoms with E-state index < -0.39 is 0 Å². The first-order valence-electron chi connectivity index (χ1n) is 3.28.